The minimum absolute atomic E-state index is 0.101. The topological polar surface area (TPSA) is 18.5 Å². The lowest BCUT2D eigenvalue weighted by Gasteiger charge is -2.20. The summed E-state index contributed by atoms with van der Waals surface area (Å²) in [6.45, 7) is -1.48. The summed E-state index contributed by atoms with van der Waals surface area (Å²) in [4.78, 5) is 0. The number of halogens is 8. The van der Waals surface area contributed by atoms with E-state index in [2.05, 4.69) is 9.47 Å². The van der Waals surface area contributed by atoms with Crippen molar-refractivity contribution >= 4 is 0 Å². The average Bonchev–Trinajstić information content (AvgIpc) is 2.76. The molecule has 0 spiro atoms. The number of benzene rings is 3. The Bertz CT molecular complexity index is 1120. The van der Waals surface area contributed by atoms with Crippen molar-refractivity contribution in [2.75, 3.05) is 0 Å². The molecule has 0 aliphatic rings. The van der Waals surface area contributed by atoms with Crippen molar-refractivity contribution in [3.63, 3.8) is 0 Å². The molecule has 188 valence electrons. The van der Waals surface area contributed by atoms with Crippen LogP contribution in [0.5, 0.6) is 11.5 Å². The van der Waals surface area contributed by atoms with Gasteiger partial charge in [0, 0.05) is 0 Å². The molecular weight excluding hydrogens is 484 g/mol. The maximum absolute atomic E-state index is 14.6. The smallest absolute Gasteiger partial charge is 0.429 e. The zero-order valence-electron chi connectivity index (χ0n) is 18.4. The predicted octanol–water partition coefficient (Wildman–Crippen LogP) is 8.37. The van der Waals surface area contributed by atoms with Crippen molar-refractivity contribution in [2.24, 2.45) is 0 Å². The molecule has 3 aromatic rings. The minimum atomic E-state index is -4.36. The molecule has 35 heavy (non-hydrogen) atoms. The molecule has 0 N–H and O–H groups in total. The zero-order valence-corrected chi connectivity index (χ0v) is 18.4. The van der Waals surface area contributed by atoms with E-state index in [1.54, 1.807) is 0 Å². The molecule has 0 aliphatic heterocycles. The fourth-order valence-electron chi connectivity index (χ4n) is 3.47. The van der Waals surface area contributed by atoms with Gasteiger partial charge in [0.25, 0.3) is 0 Å². The number of hydrogen-bond donors (Lipinski definition) is 0. The summed E-state index contributed by atoms with van der Waals surface area (Å²) in [6, 6.07) is 7.43. The van der Waals surface area contributed by atoms with Gasteiger partial charge in [-0.05, 0) is 65.9 Å². The van der Waals surface area contributed by atoms with Gasteiger partial charge >= 0.3 is 12.7 Å². The second-order valence-electron chi connectivity index (χ2n) is 7.68. The van der Waals surface area contributed by atoms with Gasteiger partial charge in [0.05, 0.1) is 0 Å². The zero-order chi connectivity index (χ0) is 25.8. The molecule has 0 aliphatic carbocycles. The Morgan fingerprint density at radius 3 is 1.86 bits per heavy atom. The van der Waals surface area contributed by atoms with Crippen LogP contribution in [-0.4, -0.2) is 6.61 Å². The lowest BCUT2D eigenvalue weighted by Crippen LogP contribution is -2.25. The van der Waals surface area contributed by atoms with Crippen LogP contribution < -0.4 is 9.47 Å². The normalized spacial score (nSPS) is 11.7. The third kappa shape index (κ3) is 6.43. The third-order valence-electron chi connectivity index (χ3n) is 5.10. The van der Waals surface area contributed by atoms with Gasteiger partial charge in [-0.3, -0.25) is 0 Å². The van der Waals surface area contributed by atoms with E-state index in [0.29, 0.717) is 12.8 Å². The molecule has 0 fully saturated rings. The summed E-state index contributed by atoms with van der Waals surface area (Å²) in [6.07, 6.45) is -1.65. The van der Waals surface area contributed by atoms with Gasteiger partial charge < -0.3 is 9.47 Å². The molecule has 0 bridgehead atoms. The lowest BCUT2D eigenvalue weighted by molar-refractivity contribution is -0.189. The van der Waals surface area contributed by atoms with Crippen LogP contribution in [0.15, 0.2) is 48.5 Å². The van der Waals surface area contributed by atoms with Crippen LogP contribution in [0.25, 0.3) is 11.1 Å². The number of unbranched alkanes of at least 4 members (excludes halogenated alkanes) is 2. The third-order valence-corrected chi connectivity index (χ3v) is 5.10. The van der Waals surface area contributed by atoms with E-state index in [-0.39, 0.29) is 16.7 Å². The molecule has 3 rings (SSSR count). The monoisotopic (exact) mass is 504 g/mol. The standard InChI is InChI=1S/C25H20F8O2/c1-2-3-4-5-14-10-18(26)22(19(27)11-14)25(32,33)35-17-8-6-15(7-9-17)16-12-20(28)23(21(29)13-16)34-24(30)31/h6-13,24H,2-5H2,1H3. The largest absolute Gasteiger partial charge is 0.432 e. The number of aryl methyl sites for hydroxylation is 1. The molecule has 0 unspecified atom stereocenters. The lowest BCUT2D eigenvalue weighted by atomic mass is 10.0. The second-order valence-corrected chi connectivity index (χ2v) is 7.68. The van der Waals surface area contributed by atoms with E-state index in [9.17, 15) is 35.1 Å². The van der Waals surface area contributed by atoms with Crippen molar-refractivity contribution < 1.29 is 44.6 Å². The minimum Gasteiger partial charge on any atom is -0.429 e. The summed E-state index contributed by atoms with van der Waals surface area (Å²) in [5, 5.41) is 0. The molecule has 10 heteroatoms. The number of ether oxygens (including phenoxy) is 2. The molecule has 0 amide bonds. The molecule has 3 aromatic carbocycles. The molecule has 0 radical (unpaired) electrons. The van der Waals surface area contributed by atoms with Gasteiger partial charge in [0.15, 0.2) is 17.4 Å². The van der Waals surface area contributed by atoms with Crippen molar-refractivity contribution in [1.82, 2.24) is 0 Å². The summed E-state index contributed by atoms with van der Waals surface area (Å²) >= 11 is 0. The van der Waals surface area contributed by atoms with E-state index in [4.69, 9.17) is 0 Å². The van der Waals surface area contributed by atoms with Gasteiger partial charge in [-0.25, -0.2) is 17.6 Å². The Morgan fingerprint density at radius 1 is 0.771 bits per heavy atom. The van der Waals surface area contributed by atoms with Crippen molar-refractivity contribution in [3.05, 3.63) is 82.9 Å². The maximum atomic E-state index is 14.6. The van der Waals surface area contributed by atoms with Gasteiger partial charge in [-0.2, -0.15) is 17.6 Å². The number of alkyl halides is 4. The highest BCUT2D eigenvalue weighted by Gasteiger charge is 2.41. The first-order valence-electron chi connectivity index (χ1n) is 10.6. The van der Waals surface area contributed by atoms with Crippen LogP contribution in [0, 0.1) is 23.3 Å². The van der Waals surface area contributed by atoms with Crippen LogP contribution in [0.1, 0.15) is 37.3 Å². The molecule has 0 heterocycles. The quantitative estimate of drug-likeness (QED) is 0.204. The Hall–Kier alpha value is -3.30. The van der Waals surface area contributed by atoms with Crippen LogP contribution in [0.3, 0.4) is 0 Å². The molecule has 2 nitrogen and oxygen atoms in total. The fourth-order valence-corrected chi connectivity index (χ4v) is 3.47. The van der Waals surface area contributed by atoms with Gasteiger partial charge in [-0.1, -0.05) is 31.9 Å². The van der Waals surface area contributed by atoms with Crippen molar-refractivity contribution in [2.45, 2.75) is 45.3 Å². The predicted molar refractivity (Wildman–Crippen MR) is 113 cm³/mol. The van der Waals surface area contributed by atoms with E-state index in [1.165, 1.54) is 0 Å². The van der Waals surface area contributed by atoms with Crippen LogP contribution >= 0.6 is 0 Å². The van der Waals surface area contributed by atoms with E-state index in [1.807, 2.05) is 6.92 Å². The molecule has 0 saturated carbocycles. The highest BCUT2D eigenvalue weighted by atomic mass is 19.3. The maximum Gasteiger partial charge on any atom is 0.432 e. The number of rotatable bonds is 10. The first kappa shape index (κ1) is 26.3. The van der Waals surface area contributed by atoms with E-state index < -0.39 is 53.1 Å². The van der Waals surface area contributed by atoms with Crippen molar-refractivity contribution in [1.29, 1.82) is 0 Å². The van der Waals surface area contributed by atoms with Gasteiger partial charge in [0.2, 0.25) is 0 Å². The highest BCUT2D eigenvalue weighted by Crippen LogP contribution is 2.37. The SMILES string of the molecule is CCCCCc1cc(F)c(C(F)(F)Oc2ccc(-c3cc(F)c(OC(F)F)c(F)c3)cc2)c(F)c1. The first-order chi connectivity index (χ1) is 16.5. The summed E-state index contributed by atoms with van der Waals surface area (Å²) in [5.41, 5.74) is -1.27. The Balaban J connectivity index is 1.79. The second kappa shape index (κ2) is 11.0. The van der Waals surface area contributed by atoms with Gasteiger partial charge in [0.1, 0.15) is 22.9 Å². The summed E-state index contributed by atoms with van der Waals surface area (Å²) in [5.74, 6) is -7.43. The molecule has 0 atom stereocenters. The van der Waals surface area contributed by atoms with Crippen LogP contribution in [0.4, 0.5) is 35.1 Å². The Morgan fingerprint density at radius 2 is 1.34 bits per heavy atom. The fraction of sp³-hybridized carbons (Fsp3) is 0.280. The number of hydrogen-bond acceptors (Lipinski definition) is 2. The summed E-state index contributed by atoms with van der Waals surface area (Å²) < 4.78 is 119. The molecule has 0 saturated heterocycles. The van der Waals surface area contributed by atoms with E-state index >= 15 is 0 Å². The average molecular weight is 504 g/mol. The Labute approximate surface area is 196 Å². The molecular formula is C25H20F8O2. The summed E-state index contributed by atoms with van der Waals surface area (Å²) in [7, 11) is 0. The Kier molecular flexibility index (Phi) is 8.24. The van der Waals surface area contributed by atoms with Crippen LogP contribution in [0.2, 0.25) is 0 Å². The van der Waals surface area contributed by atoms with Gasteiger partial charge in [-0.15, -0.1) is 0 Å². The van der Waals surface area contributed by atoms with Crippen LogP contribution in [-0.2, 0) is 12.5 Å². The van der Waals surface area contributed by atoms with Crippen molar-refractivity contribution in [3.8, 4) is 22.6 Å². The highest BCUT2D eigenvalue weighted by molar-refractivity contribution is 5.65. The van der Waals surface area contributed by atoms with E-state index in [0.717, 1.165) is 61.4 Å². The molecule has 0 aromatic heterocycles. The first-order valence-corrected chi connectivity index (χ1v) is 10.6.